The summed E-state index contributed by atoms with van der Waals surface area (Å²) in [5.74, 6) is 0.348. The quantitative estimate of drug-likeness (QED) is 0.843. The van der Waals surface area contributed by atoms with Crippen LogP contribution in [0.25, 0.3) is 0 Å². The third-order valence-corrected chi connectivity index (χ3v) is 7.17. The Morgan fingerprint density at radius 3 is 2.21 bits per heavy atom. The molecule has 128 valence electrons. The van der Waals surface area contributed by atoms with Gasteiger partial charge in [0.15, 0.2) is 9.84 Å². The zero-order valence-electron chi connectivity index (χ0n) is 13.1. The third-order valence-electron chi connectivity index (χ3n) is 4.61. The summed E-state index contributed by atoms with van der Waals surface area (Å²) in [7, 11) is -2.03. The molecule has 0 unspecified atom stereocenters. The molecule has 1 fully saturated rings. The second kappa shape index (κ2) is 6.04. The number of nitrogens with two attached hydrogens (primary N) is 2. The number of methoxy groups -OCH3 is 1. The molecule has 2 aromatic rings. The molecule has 3 atom stereocenters. The molecule has 3 rings (SSSR count). The van der Waals surface area contributed by atoms with Crippen molar-refractivity contribution in [1.82, 2.24) is 0 Å². The Labute approximate surface area is 146 Å². The van der Waals surface area contributed by atoms with Gasteiger partial charge in [0.25, 0.3) is 0 Å². The van der Waals surface area contributed by atoms with Gasteiger partial charge in [-0.2, -0.15) is 0 Å². The van der Waals surface area contributed by atoms with Gasteiger partial charge < -0.3 is 16.2 Å². The summed E-state index contributed by atoms with van der Waals surface area (Å²) in [5, 5.41) is -0.279. The van der Waals surface area contributed by atoms with E-state index in [1.807, 2.05) is 12.1 Å². The second-order valence-corrected chi connectivity index (χ2v) is 8.49. The first-order chi connectivity index (χ1) is 11.3. The molecule has 0 spiro atoms. The summed E-state index contributed by atoms with van der Waals surface area (Å²) < 4.78 is 31.1. The SMILES string of the molecule is COc1ccc([C@@H]2[C@@H](S(=O)(=O)c3ccc(Cl)cc3)[C@@]2(N)CN)cc1. The maximum Gasteiger partial charge on any atom is 0.183 e. The van der Waals surface area contributed by atoms with Gasteiger partial charge in [-0.3, -0.25) is 0 Å². The Morgan fingerprint density at radius 2 is 1.71 bits per heavy atom. The van der Waals surface area contributed by atoms with Crippen LogP contribution in [-0.4, -0.2) is 32.9 Å². The van der Waals surface area contributed by atoms with Crippen LogP contribution < -0.4 is 16.2 Å². The Kier molecular flexibility index (Phi) is 4.34. The number of hydrogen-bond acceptors (Lipinski definition) is 5. The Morgan fingerprint density at radius 1 is 1.12 bits per heavy atom. The molecule has 0 radical (unpaired) electrons. The van der Waals surface area contributed by atoms with Gasteiger partial charge in [0.05, 0.1) is 22.8 Å². The number of ether oxygens (including phenoxy) is 1. The number of halogens is 1. The van der Waals surface area contributed by atoms with Gasteiger partial charge in [-0.05, 0) is 42.0 Å². The largest absolute Gasteiger partial charge is 0.497 e. The van der Waals surface area contributed by atoms with Crippen molar-refractivity contribution in [2.75, 3.05) is 13.7 Å². The molecular weight excluding hydrogens is 348 g/mol. The van der Waals surface area contributed by atoms with Crippen LogP contribution in [0, 0.1) is 0 Å². The van der Waals surface area contributed by atoms with Crippen molar-refractivity contribution in [1.29, 1.82) is 0 Å². The summed E-state index contributed by atoms with van der Waals surface area (Å²) in [5.41, 5.74) is 12.0. The fraction of sp³-hybridized carbons (Fsp3) is 0.294. The van der Waals surface area contributed by atoms with Crippen LogP contribution in [-0.2, 0) is 9.84 Å². The average Bonchev–Trinajstić information content (AvgIpc) is 3.23. The minimum absolute atomic E-state index is 0.0845. The number of sulfone groups is 1. The van der Waals surface area contributed by atoms with E-state index in [4.69, 9.17) is 27.8 Å². The van der Waals surface area contributed by atoms with Gasteiger partial charge in [0.2, 0.25) is 0 Å². The zero-order chi connectivity index (χ0) is 17.5. The van der Waals surface area contributed by atoms with Gasteiger partial charge in [-0.15, -0.1) is 0 Å². The highest BCUT2D eigenvalue weighted by atomic mass is 35.5. The lowest BCUT2D eigenvalue weighted by atomic mass is 10.1. The molecule has 4 N–H and O–H groups in total. The van der Waals surface area contributed by atoms with E-state index in [1.165, 1.54) is 12.1 Å². The summed E-state index contributed by atoms with van der Waals surface area (Å²) in [6, 6.07) is 13.3. The fourth-order valence-electron chi connectivity index (χ4n) is 3.20. The van der Waals surface area contributed by atoms with E-state index in [2.05, 4.69) is 0 Å². The molecule has 0 bridgehead atoms. The van der Waals surface area contributed by atoms with Crippen molar-refractivity contribution in [2.24, 2.45) is 11.5 Å². The molecular formula is C17H19ClN2O3S. The van der Waals surface area contributed by atoms with Crippen LogP contribution in [0.2, 0.25) is 5.02 Å². The van der Waals surface area contributed by atoms with Crippen LogP contribution >= 0.6 is 11.6 Å². The zero-order valence-corrected chi connectivity index (χ0v) is 14.7. The molecule has 2 aromatic carbocycles. The average molecular weight is 367 g/mol. The molecule has 0 saturated heterocycles. The van der Waals surface area contributed by atoms with Gasteiger partial charge in [0.1, 0.15) is 5.75 Å². The van der Waals surface area contributed by atoms with Crippen molar-refractivity contribution in [3.8, 4) is 5.75 Å². The molecule has 7 heteroatoms. The van der Waals surface area contributed by atoms with E-state index < -0.39 is 20.6 Å². The molecule has 0 aromatic heterocycles. The second-order valence-electron chi connectivity index (χ2n) is 5.99. The standard InChI is InChI=1S/C17H19ClN2O3S/c1-23-13-6-2-11(3-7-13)15-16(17(15,20)10-19)24(21,22)14-8-4-12(18)5-9-14/h2-9,15-16H,10,19-20H2,1H3/t15-,16-,17-/m1/s1. The lowest BCUT2D eigenvalue weighted by molar-refractivity contribution is 0.414. The first kappa shape index (κ1) is 17.2. The van der Waals surface area contributed by atoms with Crippen LogP contribution in [0.5, 0.6) is 5.75 Å². The summed E-state index contributed by atoms with van der Waals surface area (Å²) in [4.78, 5) is 0.205. The van der Waals surface area contributed by atoms with Crippen molar-refractivity contribution >= 4 is 21.4 Å². The Balaban J connectivity index is 1.98. The van der Waals surface area contributed by atoms with Crippen LogP contribution in [0.15, 0.2) is 53.4 Å². The first-order valence-electron chi connectivity index (χ1n) is 7.47. The number of benzene rings is 2. The molecule has 1 saturated carbocycles. The van der Waals surface area contributed by atoms with Crippen molar-refractivity contribution < 1.29 is 13.2 Å². The highest BCUT2D eigenvalue weighted by Gasteiger charge is 2.68. The third kappa shape index (κ3) is 2.69. The predicted octanol–water partition coefficient (Wildman–Crippen LogP) is 1.94. The molecule has 24 heavy (non-hydrogen) atoms. The topological polar surface area (TPSA) is 95.4 Å². The van der Waals surface area contributed by atoms with E-state index in [0.29, 0.717) is 10.8 Å². The monoisotopic (exact) mass is 366 g/mol. The van der Waals surface area contributed by atoms with Crippen molar-refractivity contribution in [3.63, 3.8) is 0 Å². The lowest BCUT2D eigenvalue weighted by Crippen LogP contribution is -2.39. The van der Waals surface area contributed by atoms with Crippen molar-refractivity contribution in [2.45, 2.75) is 21.6 Å². The molecule has 0 aliphatic heterocycles. The van der Waals surface area contributed by atoms with Crippen LogP contribution in [0.4, 0.5) is 0 Å². The van der Waals surface area contributed by atoms with Crippen LogP contribution in [0.1, 0.15) is 11.5 Å². The molecule has 5 nitrogen and oxygen atoms in total. The van der Waals surface area contributed by atoms with Gasteiger partial charge in [0, 0.05) is 17.5 Å². The summed E-state index contributed by atoms with van der Waals surface area (Å²) >= 11 is 5.84. The Hall–Kier alpha value is -1.60. The molecule has 0 amide bonds. The van der Waals surface area contributed by atoms with Gasteiger partial charge in [-0.25, -0.2) is 8.42 Å². The maximum absolute atomic E-state index is 13.0. The first-order valence-corrected chi connectivity index (χ1v) is 9.39. The van der Waals surface area contributed by atoms with E-state index in [-0.39, 0.29) is 17.4 Å². The van der Waals surface area contributed by atoms with E-state index in [1.54, 1.807) is 31.4 Å². The number of hydrogen-bond donors (Lipinski definition) is 2. The number of rotatable bonds is 5. The minimum atomic E-state index is -3.61. The van der Waals surface area contributed by atoms with Crippen LogP contribution in [0.3, 0.4) is 0 Å². The summed E-state index contributed by atoms with van der Waals surface area (Å²) in [6.45, 7) is 0.0845. The smallest absolute Gasteiger partial charge is 0.183 e. The lowest BCUT2D eigenvalue weighted by Gasteiger charge is -2.09. The highest BCUT2D eigenvalue weighted by molar-refractivity contribution is 7.92. The van der Waals surface area contributed by atoms with E-state index >= 15 is 0 Å². The highest BCUT2D eigenvalue weighted by Crippen LogP contribution is 2.55. The van der Waals surface area contributed by atoms with Crippen molar-refractivity contribution in [3.05, 3.63) is 59.1 Å². The van der Waals surface area contributed by atoms with Gasteiger partial charge in [-0.1, -0.05) is 23.7 Å². The maximum atomic E-state index is 13.0. The molecule has 1 aliphatic carbocycles. The summed E-state index contributed by atoms with van der Waals surface area (Å²) in [6.07, 6.45) is 0. The predicted molar refractivity (Wildman–Crippen MR) is 94.1 cm³/mol. The molecule has 1 aliphatic rings. The van der Waals surface area contributed by atoms with E-state index in [9.17, 15) is 8.42 Å². The Bertz CT molecular complexity index is 837. The molecule has 0 heterocycles. The van der Waals surface area contributed by atoms with Gasteiger partial charge >= 0.3 is 0 Å². The normalized spacial score (nSPS) is 26.2. The fourth-order valence-corrected chi connectivity index (χ4v) is 5.65. The van der Waals surface area contributed by atoms with E-state index in [0.717, 1.165) is 5.56 Å². The minimum Gasteiger partial charge on any atom is -0.497 e.